The molecule has 28 heavy (non-hydrogen) atoms. The molecule has 0 spiro atoms. The molecule has 2 heterocycles. The molecule has 0 saturated heterocycles. The highest BCUT2D eigenvalue weighted by Gasteiger charge is 2.22. The summed E-state index contributed by atoms with van der Waals surface area (Å²) in [5.74, 6) is 1.18. The molecule has 0 aliphatic heterocycles. The first-order valence-corrected chi connectivity index (χ1v) is 12.0. The van der Waals surface area contributed by atoms with Crippen LogP contribution in [-0.4, -0.2) is 26.4 Å². The molecule has 5 nitrogen and oxygen atoms in total. The number of benzene rings is 1. The summed E-state index contributed by atoms with van der Waals surface area (Å²) in [6.45, 7) is 2.88. The first-order chi connectivity index (χ1) is 13.7. The zero-order chi connectivity index (χ0) is 19.5. The summed E-state index contributed by atoms with van der Waals surface area (Å²) in [5.41, 5.74) is 3.46. The molecule has 1 amide bonds. The van der Waals surface area contributed by atoms with Gasteiger partial charge in [-0.1, -0.05) is 27.7 Å². The first-order valence-electron chi connectivity index (χ1n) is 9.36. The smallest absolute Gasteiger partial charge is 0.234 e. The lowest BCUT2D eigenvalue weighted by Gasteiger charge is -2.13. The Morgan fingerprint density at radius 2 is 2.04 bits per heavy atom. The summed E-state index contributed by atoms with van der Waals surface area (Å²) in [6.07, 6.45) is 4.83. The molecular formula is C20H21BrN4OS2. The second kappa shape index (κ2) is 8.80. The van der Waals surface area contributed by atoms with Crippen molar-refractivity contribution in [3.05, 3.63) is 44.6 Å². The fourth-order valence-electron chi connectivity index (χ4n) is 3.42. The number of anilines is 1. The molecule has 1 N–H and O–H groups in total. The number of carbonyl (C=O) groups excluding carboxylic acids is 1. The van der Waals surface area contributed by atoms with Gasteiger partial charge in [0, 0.05) is 32.5 Å². The minimum atomic E-state index is -0.0487. The van der Waals surface area contributed by atoms with Gasteiger partial charge in [-0.25, -0.2) is 0 Å². The molecular weight excluding hydrogens is 456 g/mol. The molecule has 1 aromatic carbocycles. The van der Waals surface area contributed by atoms with Crippen LogP contribution in [0.25, 0.3) is 11.4 Å². The van der Waals surface area contributed by atoms with Gasteiger partial charge in [0.05, 0.1) is 5.75 Å². The van der Waals surface area contributed by atoms with Crippen molar-refractivity contribution >= 4 is 50.6 Å². The van der Waals surface area contributed by atoms with E-state index in [0.29, 0.717) is 5.75 Å². The summed E-state index contributed by atoms with van der Waals surface area (Å²) in [7, 11) is 0. The molecule has 1 aliphatic carbocycles. The average molecular weight is 477 g/mol. The van der Waals surface area contributed by atoms with Gasteiger partial charge in [0.1, 0.15) is 0 Å². The Morgan fingerprint density at radius 3 is 2.82 bits per heavy atom. The number of aryl methyl sites for hydroxylation is 1. The maximum atomic E-state index is 12.3. The third kappa shape index (κ3) is 4.18. The first kappa shape index (κ1) is 19.7. The summed E-state index contributed by atoms with van der Waals surface area (Å²) >= 11 is 6.67. The monoisotopic (exact) mass is 476 g/mol. The molecule has 0 bridgehead atoms. The van der Waals surface area contributed by atoms with Crippen LogP contribution in [0.2, 0.25) is 0 Å². The van der Waals surface area contributed by atoms with Crippen molar-refractivity contribution in [3.8, 4) is 11.4 Å². The molecule has 0 saturated carbocycles. The summed E-state index contributed by atoms with van der Waals surface area (Å²) in [4.78, 5) is 13.8. The Hall–Kier alpha value is -1.64. The Balaban J connectivity index is 1.46. The van der Waals surface area contributed by atoms with Crippen LogP contribution >= 0.6 is 39.0 Å². The molecule has 8 heteroatoms. The standard InChI is InChI=1S/C20H21BrN4OS2/c1-2-25-19(16-11-27-17-6-4-3-5-15(16)17)23-24-20(25)28-12-18(26)22-14-9-7-13(21)8-10-14/h7-11H,2-6,12H2,1H3,(H,22,26). The quantitative estimate of drug-likeness (QED) is 0.483. The number of aromatic nitrogens is 3. The van der Waals surface area contributed by atoms with Crippen LogP contribution < -0.4 is 5.32 Å². The molecule has 0 fully saturated rings. The van der Waals surface area contributed by atoms with Gasteiger partial charge in [-0.15, -0.1) is 21.5 Å². The van der Waals surface area contributed by atoms with Crippen molar-refractivity contribution in [2.75, 3.05) is 11.1 Å². The summed E-state index contributed by atoms with van der Waals surface area (Å²) in [6, 6.07) is 7.56. The van der Waals surface area contributed by atoms with E-state index in [9.17, 15) is 4.79 Å². The van der Waals surface area contributed by atoms with Crippen LogP contribution in [0, 0.1) is 0 Å². The van der Waals surface area contributed by atoms with Crippen LogP contribution in [0.3, 0.4) is 0 Å². The van der Waals surface area contributed by atoms with E-state index in [1.54, 1.807) is 0 Å². The second-order valence-electron chi connectivity index (χ2n) is 6.65. The molecule has 0 atom stereocenters. The number of rotatable bonds is 6. The van der Waals surface area contributed by atoms with E-state index in [-0.39, 0.29) is 5.91 Å². The topological polar surface area (TPSA) is 59.8 Å². The van der Waals surface area contributed by atoms with E-state index in [0.717, 1.165) is 34.1 Å². The van der Waals surface area contributed by atoms with E-state index < -0.39 is 0 Å². The minimum absolute atomic E-state index is 0.0487. The van der Waals surface area contributed by atoms with Crippen LogP contribution in [0.15, 0.2) is 39.3 Å². The SMILES string of the molecule is CCn1c(SCC(=O)Nc2ccc(Br)cc2)nnc1-c1csc2c1CCCC2. The maximum Gasteiger partial charge on any atom is 0.234 e. The van der Waals surface area contributed by atoms with Crippen molar-refractivity contribution < 1.29 is 4.79 Å². The highest BCUT2D eigenvalue weighted by molar-refractivity contribution is 9.10. The van der Waals surface area contributed by atoms with E-state index in [1.165, 1.54) is 47.0 Å². The zero-order valence-electron chi connectivity index (χ0n) is 15.6. The van der Waals surface area contributed by atoms with E-state index >= 15 is 0 Å². The molecule has 4 rings (SSSR count). The number of fused-ring (bicyclic) bond motifs is 1. The fourth-order valence-corrected chi connectivity index (χ4v) is 5.61. The van der Waals surface area contributed by atoms with Crippen LogP contribution in [0.4, 0.5) is 5.69 Å². The normalized spacial score (nSPS) is 13.4. The highest BCUT2D eigenvalue weighted by Crippen LogP contribution is 2.36. The van der Waals surface area contributed by atoms with Gasteiger partial charge >= 0.3 is 0 Å². The molecule has 0 radical (unpaired) electrons. The Bertz CT molecular complexity index is 981. The van der Waals surface area contributed by atoms with Gasteiger partial charge in [-0.2, -0.15) is 0 Å². The van der Waals surface area contributed by atoms with Gasteiger partial charge in [-0.05, 0) is 62.4 Å². The van der Waals surface area contributed by atoms with E-state index in [2.05, 4.69) is 48.3 Å². The number of carbonyl (C=O) groups is 1. The lowest BCUT2D eigenvalue weighted by molar-refractivity contribution is -0.113. The fraction of sp³-hybridized carbons (Fsp3) is 0.350. The van der Waals surface area contributed by atoms with Gasteiger partial charge in [0.15, 0.2) is 11.0 Å². The number of halogens is 1. The van der Waals surface area contributed by atoms with Gasteiger partial charge in [0.2, 0.25) is 5.91 Å². The third-order valence-electron chi connectivity index (χ3n) is 4.80. The van der Waals surface area contributed by atoms with E-state index in [4.69, 9.17) is 0 Å². The summed E-state index contributed by atoms with van der Waals surface area (Å²) < 4.78 is 3.10. The number of hydrogen-bond acceptors (Lipinski definition) is 5. The van der Waals surface area contributed by atoms with Gasteiger partial charge < -0.3 is 9.88 Å². The van der Waals surface area contributed by atoms with E-state index in [1.807, 2.05) is 35.6 Å². The van der Waals surface area contributed by atoms with Crippen LogP contribution in [0.5, 0.6) is 0 Å². The Morgan fingerprint density at radius 1 is 1.25 bits per heavy atom. The average Bonchev–Trinajstić information content (AvgIpc) is 3.31. The second-order valence-corrected chi connectivity index (χ2v) is 9.47. The number of nitrogens with one attached hydrogen (secondary N) is 1. The predicted molar refractivity (Wildman–Crippen MR) is 119 cm³/mol. The van der Waals surface area contributed by atoms with Crippen molar-refractivity contribution in [3.63, 3.8) is 0 Å². The molecule has 1 aliphatic rings. The van der Waals surface area contributed by atoms with Crippen molar-refractivity contribution in [2.45, 2.75) is 44.3 Å². The molecule has 146 valence electrons. The number of hydrogen-bond donors (Lipinski definition) is 1. The lowest BCUT2D eigenvalue weighted by atomic mass is 9.96. The summed E-state index contributed by atoms with van der Waals surface area (Å²) in [5, 5.41) is 14.8. The number of amides is 1. The minimum Gasteiger partial charge on any atom is -0.325 e. The zero-order valence-corrected chi connectivity index (χ0v) is 18.8. The lowest BCUT2D eigenvalue weighted by Crippen LogP contribution is -2.14. The Labute approximate surface area is 181 Å². The molecule has 3 aromatic rings. The third-order valence-corrected chi connectivity index (χ3v) is 7.38. The Kier molecular flexibility index (Phi) is 6.18. The molecule has 0 unspecified atom stereocenters. The van der Waals surface area contributed by atoms with Gasteiger partial charge in [-0.3, -0.25) is 4.79 Å². The maximum absolute atomic E-state index is 12.3. The predicted octanol–water partition coefficient (Wildman–Crippen LogP) is 5.40. The number of thiophene rings is 1. The molecule has 2 aromatic heterocycles. The number of nitrogens with zero attached hydrogens (tertiary/aromatic N) is 3. The van der Waals surface area contributed by atoms with Crippen molar-refractivity contribution in [2.24, 2.45) is 0 Å². The van der Waals surface area contributed by atoms with Crippen molar-refractivity contribution in [1.29, 1.82) is 0 Å². The number of thioether (sulfide) groups is 1. The van der Waals surface area contributed by atoms with Gasteiger partial charge in [0.25, 0.3) is 0 Å². The highest BCUT2D eigenvalue weighted by atomic mass is 79.9. The van der Waals surface area contributed by atoms with Crippen molar-refractivity contribution in [1.82, 2.24) is 14.8 Å². The van der Waals surface area contributed by atoms with Crippen LogP contribution in [-0.2, 0) is 24.2 Å². The van der Waals surface area contributed by atoms with Crippen LogP contribution in [0.1, 0.15) is 30.2 Å². The largest absolute Gasteiger partial charge is 0.325 e.